The van der Waals surface area contributed by atoms with Gasteiger partial charge in [0, 0.05) is 17.0 Å². The molecule has 23 heavy (non-hydrogen) atoms. The van der Waals surface area contributed by atoms with Gasteiger partial charge in [-0.1, -0.05) is 12.1 Å². The molecule has 4 rings (SSSR count). The maximum atomic E-state index is 12.5. The lowest BCUT2D eigenvalue weighted by atomic mass is 10.2. The number of carbonyl (C=O) groups is 1. The molecule has 1 aromatic carbocycles. The lowest BCUT2D eigenvalue weighted by molar-refractivity contribution is -0.127. The Kier molecular flexibility index (Phi) is 3.79. The van der Waals surface area contributed by atoms with Gasteiger partial charge in [-0.05, 0) is 48.1 Å². The van der Waals surface area contributed by atoms with Gasteiger partial charge in [0.05, 0.1) is 6.54 Å². The summed E-state index contributed by atoms with van der Waals surface area (Å²) in [5, 5.41) is 2.05. The van der Waals surface area contributed by atoms with E-state index in [0.717, 1.165) is 29.9 Å². The third-order valence-corrected chi connectivity index (χ3v) is 4.85. The smallest absolute Gasteiger partial charge is 0.247 e. The van der Waals surface area contributed by atoms with E-state index in [1.54, 1.807) is 17.4 Å². The van der Waals surface area contributed by atoms with E-state index in [2.05, 4.69) is 6.07 Å². The Balaban J connectivity index is 1.46. The van der Waals surface area contributed by atoms with Crippen molar-refractivity contribution in [3.8, 4) is 11.5 Å². The van der Waals surface area contributed by atoms with Crippen molar-refractivity contribution in [1.82, 2.24) is 4.90 Å². The van der Waals surface area contributed by atoms with Gasteiger partial charge in [-0.3, -0.25) is 4.79 Å². The number of carbonyl (C=O) groups excluding carboxylic acids is 1. The number of rotatable bonds is 5. The first-order valence-corrected chi connectivity index (χ1v) is 8.58. The van der Waals surface area contributed by atoms with E-state index in [1.807, 2.05) is 40.6 Å². The topological polar surface area (TPSA) is 38.8 Å². The Morgan fingerprint density at radius 1 is 1.26 bits per heavy atom. The van der Waals surface area contributed by atoms with Gasteiger partial charge in [0.2, 0.25) is 12.7 Å². The van der Waals surface area contributed by atoms with Crippen LogP contribution in [0, 0.1) is 0 Å². The monoisotopic (exact) mass is 327 g/mol. The van der Waals surface area contributed by atoms with Gasteiger partial charge in [-0.2, -0.15) is 0 Å². The Morgan fingerprint density at radius 3 is 2.91 bits per heavy atom. The minimum Gasteiger partial charge on any atom is -0.454 e. The summed E-state index contributed by atoms with van der Waals surface area (Å²) < 4.78 is 10.7. The first-order valence-electron chi connectivity index (χ1n) is 7.70. The molecule has 1 saturated carbocycles. The second-order valence-electron chi connectivity index (χ2n) is 5.72. The van der Waals surface area contributed by atoms with Gasteiger partial charge >= 0.3 is 0 Å². The number of fused-ring (bicyclic) bond motifs is 1. The zero-order valence-electron chi connectivity index (χ0n) is 12.6. The largest absolute Gasteiger partial charge is 0.454 e. The van der Waals surface area contributed by atoms with Gasteiger partial charge in [0.1, 0.15) is 0 Å². The lowest BCUT2D eigenvalue weighted by Crippen LogP contribution is -2.30. The zero-order valence-corrected chi connectivity index (χ0v) is 13.4. The highest BCUT2D eigenvalue weighted by Crippen LogP contribution is 2.33. The molecule has 2 aliphatic rings. The van der Waals surface area contributed by atoms with Crippen LogP contribution in [0.2, 0.25) is 0 Å². The molecule has 2 aromatic rings. The van der Waals surface area contributed by atoms with E-state index in [4.69, 9.17) is 9.47 Å². The summed E-state index contributed by atoms with van der Waals surface area (Å²) in [4.78, 5) is 15.7. The molecule has 1 aliphatic carbocycles. The van der Waals surface area contributed by atoms with Crippen LogP contribution >= 0.6 is 11.3 Å². The summed E-state index contributed by atoms with van der Waals surface area (Å²) in [6.07, 6.45) is 5.71. The molecule has 2 heterocycles. The molecule has 1 aromatic heterocycles. The third-order valence-electron chi connectivity index (χ3n) is 3.99. The van der Waals surface area contributed by atoms with E-state index in [9.17, 15) is 4.79 Å². The average Bonchev–Trinajstić information content (AvgIpc) is 3.08. The Labute approximate surface area is 138 Å². The molecule has 0 bridgehead atoms. The van der Waals surface area contributed by atoms with Crippen molar-refractivity contribution in [1.29, 1.82) is 0 Å². The SMILES string of the molecule is O=C(/C=C/c1ccc2c(c1)OCO2)N(Cc1cccs1)C1CC1. The first kappa shape index (κ1) is 14.3. The molecular formula is C18H17NO3S. The van der Waals surface area contributed by atoms with Crippen molar-refractivity contribution < 1.29 is 14.3 Å². The van der Waals surface area contributed by atoms with Crippen LogP contribution in [-0.4, -0.2) is 23.6 Å². The highest BCUT2D eigenvalue weighted by Gasteiger charge is 2.31. The predicted molar refractivity (Wildman–Crippen MR) is 89.5 cm³/mol. The molecule has 0 N–H and O–H groups in total. The van der Waals surface area contributed by atoms with Crippen molar-refractivity contribution in [3.05, 3.63) is 52.2 Å². The highest BCUT2D eigenvalue weighted by atomic mass is 32.1. The standard InChI is InChI=1S/C18H17NO3S/c20-18(19(14-5-6-14)11-15-2-1-9-23-15)8-4-13-3-7-16-17(10-13)22-12-21-16/h1-4,7-10,14H,5-6,11-12H2/b8-4+. The number of ether oxygens (including phenoxy) is 2. The van der Waals surface area contributed by atoms with Crippen LogP contribution in [0.1, 0.15) is 23.3 Å². The Morgan fingerprint density at radius 2 is 2.13 bits per heavy atom. The third kappa shape index (κ3) is 3.24. The van der Waals surface area contributed by atoms with E-state index in [-0.39, 0.29) is 12.7 Å². The predicted octanol–water partition coefficient (Wildman–Crippen LogP) is 3.68. The molecule has 1 aliphatic heterocycles. The van der Waals surface area contributed by atoms with Crippen LogP contribution in [0.5, 0.6) is 11.5 Å². The molecule has 0 unspecified atom stereocenters. The normalized spacial score (nSPS) is 16.0. The zero-order chi connectivity index (χ0) is 15.6. The molecule has 1 fully saturated rings. The first-order chi connectivity index (χ1) is 11.3. The van der Waals surface area contributed by atoms with Crippen LogP contribution in [0.15, 0.2) is 41.8 Å². The van der Waals surface area contributed by atoms with Crippen LogP contribution in [-0.2, 0) is 11.3 Å². The lowest BCUT2D eigenvalue weighted by Gasteiger charge is -2.19. The summed E-state index contributed by atoms with van der Waals surface area (Å²) in [5.41, 5.74) is 0.939. The molecular weight excluding hydrogens is 310 g/mol. The van der Waals surface area contributed by atoms with Crippen LogP contribution in [0.3, 0.4) is 0 Å². The van der Waals surface area contributed by atoms with Gasteiger partial charge in [-0.25, -0.2) is 0 Å². The maximum Gasteiger partial charge on any atom is 0.247 e. The molecule has 5 heteroatoms. The minimum absolute atomic E-state index is 0.0681. The Hall–Kier alpha value is -2.27. The molecule has 0 saturated heterocycles. The number of amides is 1. The second kappa shape index (κ2) is 6.08. The van der Waals surface area contributed by atoms with Crippen molar-refractivity contribution >= 4 is 23.3 Å². The maximum absolute atomic E-state index is 12.5. The summed E-state index contributed by atoms with van der Waals surface area (Å²) in [6.45, 7) is 0.963. The van der Waals surface area contributed by atoms with Crippen LogP contribution in [0.25, 0.3) is 6.08 Å². The van der Waals surface area contributed by atoms with E-state index < -0.39 is 0 Å². The minimum atomic E-state index is 0.0681. The van der Waals surface area contributed by atoms with Crippen molar-refractivity contribution in [3.63, 3.8) is 0 Å². The second-order valence-corrected chi connectivity index (χ2v) is 6.75. The fourth-order valence-electron chi connectivity index (χ4n) is 2.62. The van der Waals surface area contributed by atoms with Gasteiger partial charge < -0.3 is 14.4 Å². The van der Waals surface area contributed by atoms with E-state index in [0.29, 0.717) is 12.6 Å². The van der Waals surface area contributed by atoms with Crippen molar-refractivity contribution in [2.45, 2.75) is 25.4 Å². The van der Waals surface area contributed by atoms with E-state index >= 15 is 0 Å². The summed E-state index contributed by atoms with van der Waals surface area (Å²) in [7, 11) is 0. The van der Waals surface area contributed by atoms with Crippen LogP contribution < -0.4 is 9.47 Å². The summed E-state index contributed by atoms with van der Waals surface area (Å²) in [5.74, 6) is 1.56. The number of benzene rings is 1. The summed E-state index contributed by atoms with van der Waals surface area (Å²) >= 11 is 1.69. The van der Waals surface area contributed by atoms with Crippen molar-refractivity contribution in [2.24, 2.45) is 0 Å². The van der Waals surface area contributed by atoms with E-state index in [1.165, 1.54) is 4.88 Å². The fourth-order valence-corrected chi connectivity index (χ4v) is 3.33. The van der Waals surface area contributed by atoms with Crippen molar-refractivity contribution in [2.75, 3.05) is 6.79 Å². The van der Waals surface area contributed by atoms with Gasteiger partial charge in [-0.15, -0.1) is 11.3 Å². The molecule has 1 amide bonds. The fraction of sp³-hybridized carbons (Fsp3) is 0.278. The number of hydrogen-bond acceptors (Lipinski definition) is 4. The molecule has 4 nitrogen and oxygen atoms in total. The van der Waals surface area contributed by atoms with Gasteiger partial charge in [0.15, 0.2) is 11.5 Å². The number of nitrogens with zero attached hydrogens (tertiary/aromatic N) is 1. The number of hydrogen-bond donors (Lipinski definition) is 0. The quantitative estimate of drug-likeness (QED) is 0.786. The van der Waals surface area contributed by atoms with Crippen LogP contribution in [0.4, 0.5) is 0 Å². The molecule has 0 spiro atoms. The Bertz CT molecular complexity index is 735. The van der Waals surface area contributed by atoms with Gasteiger partial charge in [0.25, 0.3) is 0 Å². The molecule has 118 valence electrons. The molecule has 0 atom stereocenters. The summed E-state index contributed by atoms with van der Waals surface area (Å²) in [6, 6.07) is 10.2. The molecule has 0 radical (unpaired) electrons. The number of thiophene rings is 1. The highest BCUT2D eigenvalue weighted by molar-refractivity contribution is 7.09. The average molecular weight is 327 g/mol.